The predicted octanol–water partition coefficient (Wildman–Crippen LogP) is 3.04. The van der Waals surface area contributed by atoms with Gasteiger partial charge in [0.1, 0.15) is 18.0 Å². The van der Waals surface area contributed by atoms with Crippen LogP contribution in [-0.2, 0) is 16.1 Å². The van der Waals surface area contributed by atoms with Gasteiger partial charge in [0, 0.05) is 18.2 Å². The first-order chi connectivity index (χ1) is 12.0. The summed E-state index contributed by atoms with van der Waals surface area (Å²) in [4.78, 5) is 23.4. The zero-order chi connectivity index (χ0) is 19.9. The lowest BCUT2D eigenvalue weighted by Crippen LogP contribution is -2.32. The summed E-state index contributed by atoms with van der Waals surface area (Å²) in [7, 11) is 0. The maximum atomic E-state index is 11.8. The Morgan fingerprint density at radius 3 is 2.46 bits per heavy atom. The third-order valence-corrected chi connectivity index (χ3v) is 3.37. The van der Waals surface area contributed by atoms with Crippen molar-refractivity contribution in [1.29, 1.82) is 0 Å². The third-order valence-electron chi connectivity index (χ3n) is 3.37. The molecule has 0 fully saturated rings. The Morgan fingerprint density at radius 1 is 1.23 bits per heavy atom. The zero-order valence-electron chi connectivity index (χ0n) is 15.9. The maximum Gasteiger partial charge on any atom is 0.412 e. The van der Waals surface area contributed by atoms with E-state index in [0.717, 1.165) is 0 Å². The number of amides is 2. The highest BCUT2D eigenvalue weighted by atomic mass is 16.6. The van der Waals surface area contributed by atoms with E-state index < -0.39 is 23.9 Å². The van der Waals surface area contributed by atoms with Crippen LogP contribution in [0, 0.1) is 6.92 Å². The molecule has 0 unspecified atom stereocenters. The first-order valence-corrected chi connectivity index (χ1v) is 8.43. The second kappa shape index (κ2) is 9.28. The van der Waals surface area contributed by atoms with Crippen LogP contribution in [0.1, 0.15) is 45.2 Å². The molecule has 8 heteroatoms. The number of carbonyl (C=O) groups is 2. The van der Waals surface area contributed by atoms with E-state index in [1.165, 1.54) is 6.07 Å². The first-order valence-electron chi connectivity index (χ1n) is 8.43. The highest BCUT2D eigenvalue weighted by Crippen LogP contribution is 2.27. The van der Waals surface area contributed by atoms with Crippen molar-refractivity contribution in [2.24, 2.45) is 0 Å². The maximum absolute atomic E-state index is 11.8. The number of aromatic hydroxyl groups is 1. The molecule has 0 bridgehead atoms. The Balaban J connectivity index is 2.66. The summed E-state index contributed by atoms with van der Waals surface area (Å²) >= 11 is 0. The molecule has 0 aliphatic rings. The monoisotopic (exact) mass is 368 g/mol. The summed E-state index contributed by atoms with van der Waals surface area (Å²) in [5.74, 6) is -0.122. The fourth-order valence-electron chi connectivity index (χ4n) is 1.96. The zero-order valence-corrected chi connectivity index (χ0v) is 15.9. The van der Waals surface area contributed by atoms with Crippen LogP contribution in [0.5, 0.6) is 5.75 Å². The van der Waals surface area contributed by atoms with Crippen molar-refractivity contribution >= 4 is 17.9 Å². The molecule has 26 heavy (non-hydrogen) atoms. The number of aryl methyl sites for hydroxylation is 1. The number of alkyl carbamates (subject to hydrolysis) is 1. The SMILES string of the molecule is CC[C@H](O)CNC(=O)OCc1cc(C)c(NC(=O)OC(C)(C)C)cc1O. The van der Waals surface area contributed by atoms with E-state index in [0.29, 0.717) is 23.2 Å². The molecule has 0 aliphatic carbocycles. The van der Waals surface area contributed by atoms with Crippen molar-refractivity contribution in [1.82, 2.24) is 5.32 Å². The standard InChI is InChI=1S/C18H28N2O6/c1-6-13(21)9-19-16(23)25-10-12-7-11(2)14(8-15(12)22)20-17(24)26-18(3,4)5/h7-8,13,21-22H,6,9-10H2,1-5H3,(H,19,23)(H,20,24)/t13-/m0/s1. The molecule has 1 rings (SSSR count). The number of phenols is 1. The molecule has 0 saturated heterocycles. The molecule has 0 radical (unpaired) electrons. The normalized spacial score (nSPS) is 12.2. The smallest absolute Gasteiger partial charge is 0.412 e. The molecule has 146 valence electrons. The van der Waals surface area contributed by atoms with Crippen molar-refractivity contribution in [3.63, 3.8) is 0 Å². The Bertz CT molecular complexity index is 639. The number of benzene rings is 1. The van der Waals surface area contributed by atoms with E-state index in [1.807, 2.05) is 0 Å². The fourth-order valence-corrected chi connectivity index (χ4v) is 1.96. The van der Waals surface area contributed by atoms with Crippen LogP contribution in [-0.4, -0.2) is 40.6 Å². The van der Waals surface area contributed by atoms with Gasteiger partial charge in [-0.05, 0) is 45.7 Å². The molecule has 8 nitrogen and oxygen atoms in total. The Morgan fingerprint density at radius 2 is 1.88 bits per heavy atom. The summed E-state index contributed by atoms with van der Waals surface area (Å²) in [5.41, 5.74) is 0.834. The molecule has 0 heterocycles. The number of hydrogen-bond acceptors (Lipinski definition) is 6. The average Bonchev–Trinajstić information content (AvgIpc) is 2.52. The molecule has 1 atom stereocenters. The van der Waals surface area contributed by atoms with E-state index in [9.17, 15) is 19.8 Å². The Kier molecular flexibility index (Phi) is 7.70. The first kappa shape index (κ1) is 21.6. The Hall–Kier alpha value is -2.48. The summed E-state index contributed by atoms with van der Waals surface area (Å²) < 4.78 is 10.2. The molecular weight excluding hydrogens is 340 g/mol. The number of hydrogen-bond donors (Lipinski definition) is 4. The van der Waals surface area contributed by atoms with Crippen LogP contribution in [0.4, 0.5) is 15.3 Å². The summed E-state index contributed by atoms with van der Waals surface area (Å²) in [6.45, 7) is 8.75. The number of nitrogens with one attached hydrogen (secondary N) is 2. The average molecular weight is 368 g/mol. The van der Waals surface area contributed by atoms with E-state index in [1.54, 1.807) is 40.7 Å². The van der Waals surface area contributed by atoms with Gasteiger partial charge in [0.15, 0.2) is 0 Å². The summed E-state index contributed by atoms with van der Waals surface area (Å²) in [6.07, 6.45) is -1.42. The number of carbonyl (C=O) groups excluding carboxylic acids is 2. The lowest BCUT2D eigenvalue weighted by atomic mass is 10.1. The molecule has 0 aromatic heterocycles. The van der Waals surface area contributed by atoms with Crippen LogP contribution in [0.15, 0.2) is 12.1 Å². The van der Waals surface area contributed by atoms with Crippen LogP contribution in [0.3, 0.4) is 0 Å². The predicted molar refractivity (Wildman–Crippen MR) is 97.2 cm³/mol. The Labute approximate surface area is 153 Å². The van der Waals surface area contributed by atoms with Crippen molar-refractivity contribution in [3.05, 3.63) is 23.3 Å². The largest absolute Gasteiger partial charge is 0.507 e. The number of ether oxygens (including phenoxy) is 2. The van der Waals surface area contributed by atoms with Crippen molar-refractivity contribution in [2.45, 2.75) is 59.4 Å². The quantitative estimate of drug-likeness (QED) is 0.613. The minimum atomic E-state index is -0.689. The summed E-state index contributed by atoms with van der Waals surface area (Å²) in [6, 6.07) is 2.98. The molecule has 0 saturated carbocycles. The number of aliphatic hydroxyl groups excluding tert-OH is 1. The van der Waals surface area contributed by atoms with Gasteiger partial charge < -0.3 is 25.0 Å². The lowest BCUT2D eigenvalue weighted by Gasteiger charge is -2.20. The van der Waals surface area contributed by atoms with Crippen LogP contribution < -0.4 is 10.6 Å². The van der Waals surface area contributed by atoms with Crippen molar-refractivity contribution in [2.75, 3.05) is 11.9 Å². The number of anilines is 1. The minimum absolute atomic E-state index is 0.0963. The van der Waals surface area contributed by atoms with Gasteiger partial charge in [0.05, 0.1) is 11.8 Å². The molecule has 4 N–H and O–H groups in total. The summed E-state index contributed by atoms with van der Waals surface area (Å²) in [5, 5.41) is 24.5. The lowest BCUT2D eigenvalue weighted by molar-refractivity contribution is 0.0635. The molecule has 2 amide bonds. The molecule has 0 aliphatic heterocycles. The van der Waals surface area contributed by atoms with E-state index in [2.05, 4.69) is 10.6 Å². The minimum Gasteiger partial charge on any atom is -0.507 e. The topological polar surface area (TPSA) is 117 Å². The van der Waals surface area contributed by atoms with E-state index in [-0.39, 0.29) is 18.9 Å². The van der Waals surface area contributed by atoms with Crippen LogP contribution in [0.2, 0.25) is 0 Å². The highest BCUT2D eigenvalue weighted by molar-refractivity contribution is 5.86. The van der Waals surface area contributed by atoms with Crippen LogP contribution >= 0.6 is 0 Å². The van der Waals surface area contributed by atoms with Gasteiger partial charge in [0.2, 0.25) is 0 Å². The fraction of sp³-hybridized carbons (Fsp3) is 0.556. The number of rotatable bonds is 6. The van der Waals surface area contributed by atoms with Gasteiger partial charge in [0.25, 0.3) is 0 Å². The number of phenolic OH excluding ortho intramolecular Hbond substituents is 1. The number of aliphatic hydroxyl groups is 1. The van der Waals surface area contributed by atoms with Gasteiger partial charge >= 0.3 is 12.2 Å². The van der Waals surface area contributed by atoms with E-state index in [4.69, 9.17) is 9.47 Å². The second-order valence-corrected chi connectivity index (χ2v) is 6.94. The molecule has 1 aromatic carbocycles. The molecular formula is C18H28N2O6. The van der Waals surface area contributed by atoms with Gasteiger partial charge in [-0.2, -0.15) is 0 Å². The third kappa shape index (κ3) is 7.60. The van der Waals surface area contributed by atoms with Gasteiger partial charge in [-0.15, -0.1) is 0 Å². The van der Waals surface area contributed by atoms with Gasteiger partial charge in [-0.1, -0.05) is 6.92 Å². The van der Waals surface area contributed by atoms with Gasteiger partial charge in [-0.25, -0.2) is 9.59 Å². The van der Waals surface area contributed by atoms with E-state index >= 15 is 0 Å². The molecule has 1 aromatic rings. The van der Waals surface area contributed by atoms with Gasteiger partial charge in [-0.3, -0.25) is 5.32 Å². The second-order valence-electron chi connectivity index (χ2n) is 6.94. The van der Waals surface area contributed by atoms with Crippen molar-refractivity contribution in [3.8, 4) is 5.75 Å². The van der Waals surface area contributed by atoms with Crippen molar-refractivity contribution < 1.29 is 29.3 Å². The highest BCUT2D eigenvalue weighted by Gasteiger charge is 2.18. The van der Waals surface area contributed by atoms with Crippen LogP contribution in [0.25, 0.3) is 0 Å². The molecule has 0 spiro atoms.